The molecule has 2 bridgehead atoms. The molecule has 0 spiro atoms. The number of nitrogen functional groups attached to an aromatic ring is 1. The normalized spacial score (nSPS) is 38.3. The van der Waals surface area contributed by atoms with E-state index in [1.54, 1.807) is 28.8 Å². The van der Waals surface area contributed by atoms with Gasteiger partial charge in [-0.3, -0.25) is 27.9 Å². The topological polar surface area (TPSA) is 220 Å². The van der Waals surface area contributed by atoms with E-state index in [1.165, 1.54) is 6.33 Å². The molecular weight excluding hydrogens is 667 g/mol. The van der Waals surface area contributed by atoms with E-state index in [4.69, 9.17) is 45.1 Å². The lowest BCUT2D eigenvalue weighted by Gasteiger charge is -2.27. The second-order valence-corrected chi connectivity index (χ2v) is 15.8. The fourth-order valence-electron chi connectivity index (χ4n) is 5.39. The summed E-state index contributed by atoms with van der Waals surface area (Å²) in [5.74, 6) is -0.243. The minimum absolute atomic E-state index is 0.0877. The minimum Gasteiger partial charge on any atom is -0.387 e. The number of imidazole rings is 2. The predicted octanol–water partition coefficient (Wildman–Crippen LogP) is 1.32. The molecule has 5 N–H and O–H groups in total. The zero-order valence-electron chi connectivity index (χ0n) is 22.1. The molecule has 6 heterocycles. The number of nitrogens with zero attached hydrogens (tertiary/aromatic N) is 5. The summed E-state index contributed by atoms with van der Waals surface area (Å²) in [5, 5.41) is 11.1. The van der Waals surface area contributed by atoms with Crippen LogP contribution in [0.3, 0.4) is 0 Å². The molecule has 7 rings (SSSR count). The lowest BCUT2D eigenvalue weighted by Crippen LogP contribution is -2.35. The number of hydrogen-bond acceptors (Lipinski definition) is 14. The fraction of sp³-hybridized carbons (Fsp3) is 0.455. The third kappa shape index (κ3) is 5.42. The number of benzene rings is 1. The lowest BCUT2D eigenvalue weighted by atomic mass is 10.1. The van der Waals surface area contributed by atoms with Gasteiger partial charge in [0.2, 0.25) is 5.95 Å². The predicted molar refractivity (Wildman–Crippen MR) is 156 cm³/mol. The molecular formula is C22H24FN7O10P2S2. The number of thiol groups is 1. The van der Waals surface area contributed by atoms with E-state index in [9.17, 15) is 19.4 Å². The highest BCUT2D eigenvalue weighted by atomic mass is 32.7. The third-order valence-corrected chi connectivity index (χ3v) is 10.5. The Kier molecular flexibility index (Phi) is 7.71. The van der Waals surface area contributed by atoms with Crippen molar-refractivity contribution >= 4 is 65.7 Å². The van der Waals surface area contributed by atoms with Gasteiger partial charge >= 0.3 is 13.5 Å². The van der Waals surface area contributed by atoms with Gasteiger partial charge in [-0.15, -0.1) is 0 Å². The number of H-pyrrole nitrogens is 1. The van der Waals surface area contributed by atoms with Crippen molar-refractivity contribution in [1.82, 2.24) is 29.1 Å². The van der Waals surface area contributed by atoms with Crippen LogP contribution < -0.4 is 11.3 Å². The van der Waals surface area contributed by atoms with Gasteiger partial charge in [0.05, 0.1) is 36.9 Å². The number of aromatic amines is 1. The van der Waals surface area contributed by atoms with Crippen molar-refractivity contribution in [1.29, 1.82) is 0 Å². The quantitative estimate of drug-likeness (QED) is 0.148. The maximum Gasteiger partial charge on any atom is 0.386 e. The summed E-state index contributed by atoms with van der Waals surface area (Å²) in [7, 11) is 0. The van der Waals surface area contributed by atoms with Gasteiger partial charge in [-0.1, -0.05) is 24.4 Å². The van der Waals surface area contributed by atoms with Crippen molar-refractivity contribution in [3.63, 3.8) is 0 Å². The minimum atomic E-state index is -4.36. The van der Waals surface area contributed by atoms with E-state index < -0.39 is 81.4 Å². The number of anilines is 1. The molecule has 44 heavy (non-hydrogen) atoms. The second-order valence-electron chi connectivity index (χ2n) is 10.1. The number of para-hydroxylation sites is 2. The molecule has 3 aromatic heterocycles. The zero-order valence-corrected chi connectivity index (χ0v) is 25.6. The molecule has 3 aliphatic rings. The molecule has 0 amide bonds. The Morgan fingerprint density at radius 2 is 1.80 bits per heavy atom. The lowest BCUT2D eigenvalue weighted by molar-refractivity contribution is -0.0585. The van der Waals surface area contributed by atoms with Gasteiger partial charge in [0.25, 0.3) is 5.56 Å². The fourth-order valence-corrected chi connectivity index (χ4v) is 8.28. The molecule has 236 valence electrons. The van der Waals surface area contributed by atoms with E-state index >= 15 is 4.39 Å². The molecule has 4 unspecified atom stereocenters. The highest BCUT2D eigenvalue weighted by Gasteiger charge is 2.53. The van der Waals surface area contributed by atoms with Crippen molar-refractivity contribution in [3.8, 4) is 0 Å². The summed E-state index contributed by atoms with van der Waals surface area (Å²) >= 11 is 9.26. The Bertz CT molecular complexity index is 1890. The first-order chi connectivity index (χ1) is 20.9. The van der Waals surface area contributed by atoms with E-state index in [0.29, 0.717) is 11.0 Å². The van der Waals surface area contributed by atoms with Gasteiger partial charge in [0.1, 0.15) is 30.5 Å². The average Bonchev–Trinajstić information content (AvgIpc) is 3.72. The maximum absolute atomic E-state index is 16.0. The molecule has 4 aromatic rings. The maximum atomic E-state index is 16.0. The van der Waals surface area contributed by atoms with Gasteiger partial charge in [0, 0.05) is 0 Å². The van der Waals surface area contributed by atoms with E-state index in [-0.39, 0.29) is 17.1 Å². The van der Waals surface area contributed by atoms with Crippen molar-refractivity contribution in [2.24, 2.45) is 0 Å². The number of hydrogen-bond donors (Lipinski definition) is 5. The molecule has 0 radical (unpaired) electrons. The Labute approximate surface area is 256 Å². The van der Waals surface area contributed by atoms with Gasteiger partial charge in [0.15, 0.2) is 29.8 Å². The van der Waals surface area contributed by atoms with Crippen LogP contribution in [0.1, 0.15) is 12.5 Å². The van der Waals surface area contributed by atoms with Gasteiger partial charge in [-0.05, 0) is 23.9 Å². The summed E-state index contributed by atoms with van der Waals surface area (Å²) < 4.78 is 66.2. The number of rotatable bonds is 2. The van der Waals surface area contributed by atoms with Crippen molar-refractivity contribution in [3.05, 3.63) is 47.3 Å². The standard InChI is InChI=1S/C22H24FN7O10P2S2/c23-13-16-12(38-20(13)30-8-26-14-18(30)27-22(24)28-19(14)32)6-36-42(34,44)40-17-15(31)11(5-35-41(33,43)39-16)37-21(17)29-7-25-9-3-1-2-4-10(9)29/h1-4,7-8,11-13,15-17,20-21,31H,5-6H2,(H,33,43)(H,34,44)(H3,24,27,28,32)/t11-,12-,13+,15+,16?,17?,20-,21-,41?,42?/m1/s1. The molecule has 10 atom stereocenters. The van der Waals surface area contributed by atoms with Crippen LogP contribution in [0.4, 0.5) is 10.3 Å². The number of aliphatic hydroxyl groups excluding tert-OH is 1. The number of nitrogens with two attached hydrogens (primary N) is 1. The Morgan fingerprint density at radius 1 is 1.07 bits per heavy atom. The van der Waals surface area contributed by atoms with E-state index in [2.05, 4.69) is 32.2 Å². The molecule has 22 heteroatoms. The van der Waals surface area contributed by atoms with Gasteiger partial charge in [-0.25, -0.2) is 18.9 Å². The van der Waals surface area contributed by atoms with Crippen LogP contribution in [0.5, 0.6) is 0 Å². The number of aromatic nitrogens is 6. The SMILES string of the molecule is Nc1nc2c(ncn2[C@@H]2O[C@@H]3COP(O)(=S)OC4[C@@H](O)[C@@H](COP(=O)(S)OC3[C@@H]2F)O[C@H]4n2cnc3ccccc32)c(=O)[nH]1. The molecule has 3 aliphatic heterocycles. The van der Waals surface area contributed by atoms with E-state index in [1.807, 2.05) is 0 Å². The number of halogens is 1. The summed E-state index contributed by atoms with van der Waals surface area (Å²) in [4.78, 5) is 37.9. The van der Waals surface area contributed by atoms with Gasteiger partial charge < -0.3 is 34.3 Å². The van der Waals surface area contributed by atoms with Gasteiger partial charge in [-0.2, -0.15) is 4.98 Å². The molecule has 1 aromatic carbocycles. The highest BCUT2D eigenvalue weighted by molar-refractivity contribution is 8.44. The molecule has 3 fully saturated rings. The Balaban J connectivity index is 1.20. The highest BCUT2D eigenvalue weighted by Crippen LogP contribution is 2.58. The summed E-state index contributed by atoms with van der Waals surface area (Å²) in [6.45, 7) is -9.70. The Hall–Kier alpha value is -2.32. The molecule has 3 saturated heterocycles. The van der Waals surface area contributed by atoms with Crippen LogP contribution in [0.25, 0.3) is 22.2 Å². The first kappa shape index (κ1) is 30.3. The first-order valence-electron chi connectivity index (χ1n) is 13.0. The van der Waals surface area contributed by atoms with Crippen molar-refractivity contribution in [2.75, 3.05) is 18.9 Å². The molecule has 0 saturated carbocycles. The largest absolute Gasteiger partial charge is 0.387 e. The number of nitrogens with one attached hydrogen (secondary N) is 1. The van der Waals surface area contributed by atoms with Crippen LogP contribution in [-0.2, 0) is 43.9 Å². The number of alkyl halides is 1. The molecule has 0 aliphatic carbocycles. The van der Waals surface area contributed by atoms with Crippen molar-refractivity contribution in [2.45, 2.75) is 49.1 Å². The van der Waals surface area contributed by atoms with Crippen LogP contribution in [0.2, 0.25) is 0 Å². The summed E-state index contributed by atoms with van der Waals surface area (Å²) in [6, 6.07) is 7.11. The van der Waals surface area contributed by atoms with Crippen LogP contribution in [0, 0.1) is 0 Å². The van der Waals surface area contributed by atoms with Crippen molar-refractivity contribution < 1.29 is 46.5 Å². The number of ether oxygens (including phenoxy) is 2. The summed E-state index contributed by atoms with van der Waals surface area (Å²) in [5.41, 5.74) is 6.03. The second kappa shape index (κ2) is 11.2. The zero-order chi connectivity index (χ0) is 31.0. The average molecular weight is 692 g/mol. The molecule has 17 nitrogen and oxygen atoms in total. The third-order valence-electron chi connectivity index (χ3n) is 7.37. The smallest absolute Gasteiger partial charge is 0.386 e. The number of fused-ring (bicyclic) bond motifs is 5. The Morgan fingerprint density at radius 3 is 2.61 bits per heavy atom. The van der Waals surface area contributed by atoms with Crippen LogP contribution >= 0.6 is 25.8 Å². The van der Waals surface area contributed by atoms with Crippen LogP contribution in [-0.4, -0.2) is 89.0 Å². The first-order valence-corrected chi connectivity index (χ1v) is 18.3. The number of aliphatic hydroxyl groups is 1. The van der Waals surface area contributed by atoms with E-state index in [0.717, 1.165) is 10.9 Å². The monoisotopic (exact) mass is 691 g/mol. The van der Waals surface area contributed by atoms with Crippen LogP contribution in [0.15, 0.2) is 41.7 Å². The summed E-state index contributed by atoms with van der Waals surface area (Å²) in [6.07, 6.45) is -9.03.